The molecule has 0 fully saturated rings. The molecule has 14 heavy (non-hydrogen) atoms. The molecule has 74 valence electrons. The second kappa shape index (κ2) is 4.03. The predicted molar refractivity (Wildman–Crippen MR) is 45.2 cm³/mol. The SMILES string of the molecule is N#CC[C@@H](N)c1ccc(F)c(F)c1O. The molecular formula is C9H8F2N2O. The molecule has 0 aromatic heterocycles. The Hall–Kier alpha value is -1.67. The van der Waals surface area contributed by atoms with Gasteiger partial charge in [-0.25, -0.2) is 4.39 Å². The average Bonchev–Trinajstić information content (AvgIpc) is 2.15. The zero-order valence-corrected chi connectivity index (χ0v) is 7.17. The van der Waals surface area contributed by atoms with Crippen molar-refractivity contribution in [2.24, 2.45) is 5.73 Å². The van der Waals surface area contributed by atoms with E-state index in [0.717, 1.165) is 12.1 Å². The Kier molecular flexibility index (Phi) is 2.99. The van der Waals surface area contributed by atoms with Crippen molar-refractivity contribution in [3.8, 4) is 11.8 Å². The van der Waals surface area contributed by atoms with Gasteiger partial charge in [-0.3, -0.25) is 0 Å². The third-order valence-corrected chi connectivity index (χ3v) is 1.81. The molecule has 0 bridgehead atoms. The van der Waals surface area contributed by atoms with Crippen molar-refractivity contribution in [1.82, 2.24) is 0 Å². The van der Waals surface area contributed by atoms with E-state index in [9.17, 15) is 13.9 Å². The number of rotatable bonds is 2. The van der Waals surface area contributed by atoms with Gasteiger partial charge in [-0.15, -0.1) is 0 Å². The van der Waals surface area contributed by atoms with Gasteiger partial charge in [0.2, 0.25) is 5.82 Å². The Morgan fingerprint density at radius 2 is 2.14 bits per heavy atom. The van der Waals surface area contributed by atoms with Gasteiger partial charge in [0, 0.05) is 11.6 Å². The van der Waals surface area contributed by atoms with Crippen LogP contribution >= 0.6 is 0 Å². The maximum Gasteiger partial charge on any atom is 0.200 e. The van der Waals surface area contributed by atoms with Crippen LogP contribution in [0, 0.1) is 23.0 Å². The zero-order valence-electron chi connectivity index (χ0n) is 7.17. The van der Waals surface area contributed by atoms with Gasteiger partial charge in [-0.1, -0.05) is 6.07 Å². The van der Waals surface area contributed by atoms with E-state index in [-0.39, 0.29) is 12.0 Å². The van der Waals surface area contributed by atoms with E-state index in [4.69, 9.17) is 11.0 Å². The molecule has 1 atom stereocenters. The van der Waals surface area contributed by atoms with E-state index in [1.807, 2.05) is 0 Å². The molecule has 0 unspecified atom stereocenters. The summed E-state index contributed by atoms with van der Waals surface area (Å²) in [5.74, 6) is -3.31. The fourth-order valence-electron chi connectivity index (χ4n) is 1.06. The lowest BCUT2D eigenvalue weighted by molar-refractivity contribution is 0.397. The molecule has 0 aliphatic rings. The van der Waals surface area contributed by atoms with E-state index < -0.39 is 23.4 Å². The van der Waals surface area contributed by atoms with E-state index in [2.05, 4.69) is 0 Å². The second-order valence-electron chi connectivity index (χ2n) is 2.77. The Balaban J connectivity index is 3.12. The minimum absolute atomic E-state index is 0.0328. The van der Waals surface area contributed by atoms with Crippen LogP contribution < -0.4 is 5.73 Å². The standard InChI is InChI=1S/C9H8F2N2O/c10-6-2-1-5(7(13)3-4-12)9(14)8(6)11/h1-2,7,14H,3,13H2/t7-/m1/s1. The largest absolute Gasteiger partial charge is 0.505 e. The molecule has 3 nitrogen and oxygen atoms in total. The molecular weight excluding hydrogens is 190 g/mol. The average molecular weight is 198 g/mol. The lowest BCUT2D eigenvalue weighted by Crippen LogP contribution is -2.10. The highest BCUT2D eigenvalue weighted by Crippen LogP contribution is 2.28. The van der Waals surface area contributed by atoms with Gasteiger partial charge in [0.15, 0.2) is 11.6 Å². The first-order valence-corrected chi connectivity index (χ1v) is 3.87. The highest BCUT2D eigenvalue weighted by Gasteiger charge is 2.16. The van der Waals surface area contributed by atoms with E-state index in [1.165, 1.54) is 0 Å². The fraction of sp³-hybridized carbons (Fsp3) is 0.222. The van der Waals surface area contributed by atoms with Crippen LogP contribution in [0.5, 0.6) is 5.75 Å². The maximum atomic E-state index is 12.8. The van der Waals surface area contributed by atoms with Crippen LogP contribution in [-0.2, 0) is 0 Å². The van der Waals surface area contributed by atoms with Crippen LogP contribution in [0.25, 0.3) is 0 Å². The molecule has 0 saturated heterocycles. The van der Waals surface area contributed by atoms with Crippen LogP contribution in [0.2, 0.25) is 0 Å². The van der Waals surface area contributed by atoms with Crippen molar-refractivity contribution in [1.29, 1.82) is 5.26 Å². The van der Waals surface area contributed by atoms with Gasteiger partial charge < -0.3 is 10.8 Å². The first kappa shape index (κ1) is 10.4. The second-order valence-corrected chi connectivity index (χ2v) is 2.77. The van der Waals surface area contributed by atoms with E-state index in [1.54, 1.807) is 6.07 Å². The number of halogens is 2. The third-order valence-electron chi connectivity index (χ3n) is 1.81. The number of phenols is 1. The van der Waals surface area contributed by atoms with Crippen molar-refractivity contribution < 1.29 is 13.9 Å². The fourth-order valence-corrected chi connectivity index (χ4v) is 1.06. The highest BCUT2D eigenvalue weighted by atomic mass is 19.2. The number of hydrogen-bond donors (Lipinski definition) is 2. The van der Waals surface area contributed by atoms with Crippen LogP contribution in [0.4, 0.5) is 8.78 Å². The number of aromatic hydroxyl groups is 1. The molecule has 0 heterocycles. The van der Waals surface area contributed by atoms with Gasteiger partial charge in [-0.05, 0) is 6.07 Å². The number of benzene rings is 1. The smallest absolute Gasteiger partial charge is 0.200 e. The zero-order chi connectivity index (χ0) is 10.7. The highest BCUT2D eigenvalue weighted by molar-refractivity contribution is 5.37. The van der Waals surface area contributed by atoms with Gasteiger partial charge in [-0.2, -0.15) is 9.65 Å². The van der Waals surface area contributed by atoms with Crippen LogP contribution in [0.15, 0.2) is 12.1 Å². The Morgan fingerprint density at radius 3 is 2.71 bits per heavy atom. The Bertz CT molecular complexity index is 387. The topological polar surface area (TPSA) is 70.0 Å². The molecule has 0 aliphatic carbocycles. The first-order valence-electron chi connectivity index (χ1n) is 3.87. The monoisotopic (exact) mass is 198 g/mol. The Morgan fingerprint density at radius 1 is 1.50 bits per heavy atom. The lowest BCUT2D eigenvalue weighted by Gasteiger charge is -2.10. The van der Waals surface area contributed by atoms with Crippen molar-refractivity contribution in [3.63, 3.8) is 0 Å². The summed E-state index contributed by atoms with van der Waals surface area (Å²) in [5, 5.41) is 17.5. The van der Waals surface area contributed by atoms with E-state index >= 15 is 0 Å². The molecule has 0 spiro atoms. The summed E-state index contributed by atoms with van der Waals surface area (Å²) in [6.45, 7) is 0. The summed E-state index contributed by atoms with van der Waals surface area (Å²) in [6, 6.07) is 2.99. The van der Waals surface area contributed by atoms with Crippen molar-refractivity contribution in [3.05, 3.63) is 29.3 Å². The number of nitrogens with zero attached hydrogens (tertiary/aromatic N) is 1. The van der Waals surface area contributed by atoms with Gasteiger partial charge in [0.1, 0.15) is 0 Å². The summed E-state index contributed by atoms with van der Waals surface area (Å²) in [4.78, 5) is 0. The minimum Gasteiger partial charge on any atom is -0.505 e. The number of nitrogens with two attached hydrogens (primary N) is 1. The molecule has 0 saturated carbocycles. The molecule has 0 amide bonds. The molecule has 0 radical (unpaired) electrons. The lowest BCUT2D eigenvalue weighted by atomic mass is 10.0. The summed E-state index contributed by atoms with van der Waals surface area (Å²) in [7, 11) is 0. The molecule has 1 aromatic rings. The molecule has 1 aromatic carbocycles. The van der Waals surface area contributed by atoms with Crippen LogP contribution in [-0.4, -0.2) is 5.11 Å². The van der Waals surface area contributed by atoms with Crippen molar-refractivity contribution in [2.75, 3.05) is 0 Å². The summed E-state index contributed by atoms with van der Waals surface area (Å²) in [5.41, 5.74) is 5.49. The number of hydrogen-bond acceptors (Lipinski definition) is 3. The summed E-state index contributed by atoms with van der Waals surface area (Å²) in [6.07, 6.45) is -0.0708. The van der Waals surface area contributed by atoms with Crippen LogP contribution in [0.3, 0.4) is 0 Å². The van der Waals surface area contributed by atoms with Gasteiger partial charge >= 0.3 is 0 Å². The molecule has 0 aliphatic heterocycles. The number of phenolic OH excluding ortho intramolecular Hbond substituents is 1. The van der Waals surface area contributed by atoms with Crippen molar-refractivity contribution >= 4 is 0 Å². The molecule has 1 rings (SSSR count). The summed E-state index contributed by atoms with van der Waals surface area (Å²) < 4.78 is 25.4. The molecule has 5 heteroatoms. The maximum absolute atomic E-state index is 12.8. The molecule has 3 N–H and O–H groups in total. The first-order chi connectivity index (χ1) is 6.57. The number of nitriles is 1. The van der Waals surface area contributed by atoms with Gasteiger partial charge in [0.25, 0.3) is 0 Å². The quantitative estimate of drug-likeness (QED) is 0.757. The van der Waals surface area contributed by atoms with Crippen LogP contribution in [0.1, 0.15) is 18.0 Å². The van der Waals surface area contributed by atoms with Gasteiger partial charge in [0.05, 0.1) is 12.5 Å². The predicted octanol–water partition coefficient (Wildman–Crippen LogP) is 1.58. The minimum atomic E-state index is -1.34. The normalized spacial score (nSPS) is 12.1. The van der Waals surface area contributed by atoms with Crippen molar-refractivity contribution in [2.45, 2.75) is 12.5 Å². The van der Waals surface area contributed by atoms with E-state index in [0.29, 0.717) is 0 Å². The Labute approximate surface area is 79.4 Å². The third kappa shape index (κ3) is 1.80. The summed E-state index contributed by atoms with van der Waals surface area (Å²) >= 11 is 0.